The summed E-state index contributed by atoms with van der Waals surface area (Å²) in [4.78, 5) is 11.2. The fourth-order valence-corrected chi connectivity index (χ4v) is 1.82. The maximum absolute atomic E-state index is 5.57. The Bertz CT molecular complexity index is 377. The number of hydrogen-bond acceptors (Lipinski definition) is 4. The third kappa shape index (κ3) is 1.96. The lowest BCUT2D eigenvalue weighted by Crippen LogP contribution is -2.38. The Hall–Kier alpha value is -1.32. The first-order chi connectivity index (χ1) is 7.59. The Morgan fingerprint density at radius 3 is 2.69 bits per heavy atom. The topological polar surface area (TPSA) is 38.2 Å². The SMILES string of the molecule is CC(C)c1ncc2c(n1)N(C(C)C)CCO2. The van der Waals surface area contributed by atoms with E-state index in [1.807, 2.05) is 0 Å². The van der Waals surface area contributed by atoms with Crippen LogP contribution in [-0.4, -0.2) is 29.2 Å². The maximum atomic E-state index is 5.57. The highest BCUT2D eigenvalue weighted by Gasteiger charge is 2.23. The summed E-state index contributed by atoms with van der Waals surface area (Å²) in [5.41, 5.74) is 0. The molecule has 0 atom stereocenters. The molecule has 0 aliphatic carbocycles. The van der Waals surface area contributed by atoms with Gasteiger partial charge >= 0.3 is 0 Å². The highest BCUT2D eigenvalue weighted by molar-refractivity contribution is 5.53. The van der Waals surface area contributed by atoms with Crippen molar-refractivity contribution in [2.75, 3.05) is 18.1 Å². The first-order valence-electron chi connectivity index (χ1n) is 5.86. The molecular weight excluding hydrogens is 202 g/mol. The van der Waals surface area contributed by atoms with E-state index in [4.69, 9.17) is 4.74 Å². The third-order valence-electron chi connectivity index (χ3n) is 2.76. The normalized spacial score (nSPS) is 15.2. The van der Waals surface area contributed by atoms with Gasteiger partial charge in [-0.3, -0.25) is 0 Å². The molecule has 1 aliphatic rings. The molecule has 0 spiro atoms. The molecule has 0 N–H and O–H groups in total. The Labute approximate surface area is 96.7 Å². The summed E-state index contributed by atoms with van der Waals surface area (Å²) in [5.74, 6) is 2.99. The highest BCUT2D eigenvalue weighted by Crippen LogP contribution is 2.30. The lowest BCUT2D eigenvalue weighted by atomic mass is 10.2. The van der Waals surface area contributed by atoms with Crippen LogP contribution in [0.3, 0.4) is 0 Å². The predicted octanol–water partition coefficient (Wildman–Crippen LogP) is 2.21. The Morgan fingerprint density at radius 2 is 2.06 bits per heavy atom. The van der Waals surface area contributed by atoms with Gasteiger partial charge in [-0.2, -0.15) is 0 Å². The van der Waals surface area contributed by atoms with Crippen LogP contribution in [-0.2, 0) is 0 Å². The Balaban J connectivity index is 2.40. The summed E-state index contributed by atoms with van der Waals surface area (Å²) < 4.78 is 5.57. The minimum atomic E-state index is 0.348. The van der Waals surface area contributed by atoms with Gasteiger partial charge in [0.15, 0.2) is 11.6 Å². The molecular formula is C12H19N3O. The quantitative estimate of drug-likeness (QED) is 0.767. The van der Waals surface area contributed by atoms with Crippen molar-refractivity contribution in [3.8, 4) is 5.75 Å². The number of anilines is 1. The lowest BCUT2D eigenvalue weighted by molar-refractivity contribution is 0.298. The highest BCUT2D eigenvalue weighted by atomic mass is 16.5. The summed E-state index contributed by atoms with van der Waals surface area (Å²) in [5, 5.41) is 0. The first kappa shape index (κ1) is 11.2. The molecule has 1 aromatic rings. The molecule has 0 bridgehead atoms. The molecule has 1 aliphatic heterocycles. The average Bonchev–Trinajstić information content (AvgIpc) is 2.27. The van der Waals surface area contributed by atoms with Gasteiger partial charge in [0.1, 0.15) is 12.4 Å². The van der Waals surface area contributed by atoms with E-state index < -0.39 is 0 Å². The van der Waals surface area contributed by atoms with E-state index in [1.54, 1.807) is 6.20 Å². The van der Waals surface area contributed by atoms with Crippen molar-refractivity contribution in [2.24, 2.45) is 0 Å². The van der Waals surface area contributed by atoms with Crippen LogP contribution < -0.4 is 9.64 Å². The number of rotatable bonds is 2. The Kier molecular flexibility index (Phi) is 2.99. The van der Waals surface area contributed by atoms with Crippen molar-refractivity contribution in [3.05, 3.63) is 12.0 Å². The van der Waals surface area contributed by atoms with E-state index in [0.717, 1.165) is 30.5 Å². The van der Waals surface area contributed by atoms with Crippen molar-refractivity contribution in [1.29, 1.82) is 0 Å². The van der Waals surface area contributed by atoms with Crippen LogP contribution in [0.15, 0.2) is 6.20 Å². The van der Waals surface area contributed by atoms with Gasteiger partial charge in [-0.05, 0) is 13.8 Å². The molecule has 4 heteroatoms. The number of hydrogen-bond donors (Lipinski definition) is 0. The smallest absolute Gasteiger partial charge is 0.180 e. The van der Waals surface area contributed by atoms with Crippen molar-refractivity contribution >= 4 is 5.82 Å². The van der Waals surface area contributed by atoms with Crippen LogP contribution in [0, 0.1) is 0 Å². The minimum Gasteiger partial charge on any atom is -0.486 e. The summed E-state index contributed by atoms with van der Waals surface area (Å²) in [6.45, 7) is 10.2. The van der Waals surface area contributed by atoms with Crippen LogP contribution in [0.25, 0.3) is 0 Å². The lowest BCUT2D eigenvalue weighted by Gasteiger charge is -2.33. The molecule has 16 heavy (non-hydrogen) atoms. The number of aromatic nitrogens is 2. The van der Waals surface area contributed by atoms with E-state index in [0.29, 0.717) is 12.0 Å². The molecule has 0 saturated heterocycles. The molecule has 1 aromatic heterocycles. The number of ether oxygens (including phenoxy) is 1. The van der Waals surface area contributed by atoms with Crippen molar-refractivity contribution in [2.45, 2.75) is 39.7 Å². The second-order valence-electron chi connectivity index (χ2n) is 4.71. The first-order valence-corrected chi connectivity index (χ1v) is 5.86. The Morgan fingerprint density at radius 1 is 1.31 bits per heavy atom. The van der Waals surface area contributed by atoms with Crippen LogP contribution in [0.2, 0.25) is 0 Å². The second kappa shape index (κ2) is 4.28. The molecule has 2 heterocycles. The zero-order chi connectivity index (χ0) is 11.7. The van der Waals surface area contributed by atoms with E-state index >= 15 is 0 Å². The average molecular weight is 221 g/mol. The zero-order valence-electron chi connectivity index (χ0n) is 10.4. The fourth-order valence-electron chi connectivity index (χ4n) is 1.82. The van der Waals surface area contributed by atoms with E-state index in [-0.39, 0.29) is 0 Å². The molecule has 88 valence electrons. The monoisotopic (exact) mass is 221 g/mol. The van der Waals surface area contributed by atoms with Crippen LogP contribution in [0.4, 0.5) is 5.82 Å². The fraction of sp³-hybridized carbons (Fsp3) is 0.667. The van der Waals surface area contributed by atoms with E-state index in [9.17, 15) is 0 Å². The van der Waals surface area contributed by atoms with Crippen molar-refractivity contribution < 1.29 is 4.74 Å². The molecule has 4 nitrogen and oxygen atoms in total. The zero-order valence-corrected chi connectivity index (χ0v) is 10.4. The predicted molar refractivity (Wildman–Crippen MR) is 64.1 cm³/mol. The molecule has 0 aromatic carbocycles. The summed E-state index contributed by atoms with van der Waals surface area (Å²) in [6, 6.07) is 0.442. The van der Waals surface area contributed by atoms with Gasteiger partial charge in [0.2, 0.25) is 0 Å². The van der Waals surface area contributed by atoms with Crippen molar-refractivity contribution in [1.82, 2.24) is 9.97 Å². The standard InChI is InChI=1S/C12H19N3O/c1-8(2)11-13-7-10-12(14-11)15(9(3)4)5-6-16-10/h7-9H,5-6H2,1-4H3. The van der Waals surface area contributed by atoms with Crippen molar-refractivity contribution in [3.63, 3.8) is 0 Å². The number of fused-ring (bicyclic) bond motifs is 1. The number of nitrogens with zero attached hydrogens (tertiary/aromatic N) is 3. The van der Waals surface area contributed by atoms with Gasteiger partial charge in [-0.25, -0.2) is 9.97 Å². The molecule has 0 saturated carbocycles. The van der Waals surface area contributed by atoms with Crippen LogP contribution in [0.5, 0.6) is 5.75 Å². The minimum absolute atomic E-state index is 0.348. The molecule has 0 fully saturated rings. The van der Waals surface area contributed by atoms with Gasteiger partial charge in [0.25, 0.3) is 0 Å². The van der Waals surface area contributed by atoms with Gasteiger partial charge in [-0.1, -0.05) is 13.8 Å². The van der Waals surface area contributed by atoms with E-state index in [1.165, 1.54) is 0 Å². The largest absolute Gasteiger partial charge is 0.486 e. The summed E-state index contributed by atoms with van der Waals surface area (Å²) in [7, 11) is 0. The molecule has 2 rings (SSSR count). The van der Waals surface area contributed by atoms with Gasteiger partial charge < -0.3 is 9.64 Å². The maximum Gasteiger partial charge on any atom is 0.180 e. The van der Waals surface area contributed by atoms with Crippen LogP contribution in [0.1, 0.15) is 39.4 Å². The van der Waals surface area contributed by atoms with Gasteiger partial charge in [0.05, 0.1) is 12.7 Å². The summed E-state index contributed by atoms with van der Waals surface area (Å²) in [6.07, 6.45) is 1.80. The van der Waals surface area contributed by atoms with E-state index in [2.05, 4.69) is 42.6 Å². The van der Waals surface area contributed by atoms with Gasteiger partial charge in [-0.15, -0.1) is 0 Å². The van der Waals surface area contributed by atoms with Crippen LogP contribution >= 0.6 is 0 Å². The van der Waals surface area contributed by atoms with Gasteiger partial charge in [0, 0.05) is 12.0 Å². The second-order valence-corrected chi connectivity index (χ2v) is 4.71. The summed E-state index contributed by atoms with van der Waals surface area (Å²) >= 11 is 0. The molecule has 0 radical (unpaired) electrons. The third-order valence-corrected chi connectivity index (χ3v) is 2.76. The molecule has 0 unspecified atom stereocenters. The molecule has 0 amide bonds.